The lowest BCUT2D eigenvalue weighted by Crippen LogP contribution is -2.18. The highest BCUT2D eigenvalue weighted by molar-refractivity contribution is 6.30. The fourth-order valence-electron chi connectivity index (χ4n) is 1.31. The molecule has 0 aliphatic carbocycles. The highest BCUT2D eigenvalue weighted by Crippen LogP contribution is 2.15. The molecule has 0 unspecified atom stereocenters. The van der Waals surface area contributed by atoms with Gasteiger partial charge in [0.2, 0.25) is 0 Å². The lowest BCUT2D eigenvalue weighted by atomic mass is 10.1. The van der Waals surface area contributed by atoms with Crippen molar-refractivity contribution in [3.63, 3.8) is 0 Å². The molecule has 0 amide bonds. The van der Waals surface area contributed by atoms with Crippen LogP contribution in [0.25, 0.3) is 0 Å². The van der Waals surface area contributed by atoms with Crippen LogP contribution in [-0.2, 0) is 0 Å². The average Bonchev–Trinajstić information content (AvgIpc) is 2.18. The van der Waals surface area contributed by atoms with Gasteiger partial charge in [-0.25, -0.2) is 0 Å². The van der Waals surface area contributed by atoms with Crippen LogP contribution in [0, 0.1) is 0 Å². The molecule has 2 heteroatoms. The molecule has 0 saturated carbocycles. The molecule has 1 N–H and O–H groups in total. The van der Waals surface area contributed by atoms with Gasteiger partial charge >= 0.3 is 0 Å². The van der Waals surface area contributed by atoms with Gasteiger partial charge < -0.3 is 5.32 Å². The smallest absolute Gasteiger partial charge is 0.0406 e. The van der Waals surface area contributed by atoms with Crippen molar-refractivity contribution in [1.29, 1.82) is 0 Å². The molecule has 0 radical (unpaired) electrons. The summed E-state index contributed by atoms with van der Waals surface area (Å²) in [5.41, 5.74) is 2.60. The summed E-state index contributed by atoms with van der Waals surface area (Å²) in [4.78, 5) is 0. The maximum atomic E-state index is 5.83. The fraction of sp³-hybridized carbons (Fsp3) is 0.385. The number of benzene rings is 1. The number of hydrogen-bond acceptors (Lipinski definition) is 1. The second kappa shape index (κ2) is 5.94. The van der Waals surface area contributed by atoms with Crippen LogP contribution in [0.15, 0.2) is 35.9 Å². The Morgan fingerprint density at radius 2 is 1.93 bits per heavy atom. The monoisotopic (exact) mass is 223 g/mol. The largest absolute Gasteiger partial charge is 0.307 e. The van der Waals surface area contributed by atoms with Gasteiger partial charge in [-0.05, 0) is 38.5 Å². The topological polar surface area (TPSA) is 12.0 Å². The van der Waals surface area contributed by atoms with Gasteiger partial charge in [0, 0.05) is 17.6 Å². The van der Waals surface area contributed by atoms with E-state index in [0.29, 0.717) is 6.04 Å². The van der Waals surface area contributed by atoms with Gasteiger partial charge in [0.1, 0.15) is 0 Å². The van der Waals surface area contributed by atoms with Crippen LogP contribution in [0.3, 0.4) is 0 Å². The maximum Gasteiger partial charge on any atom is 0.0406 e. The number of rotatable bonds is 4. The van der Waals surface area contributed by atoms with Gasteiger partial charge in [-0.2, -0.15) is 0 Å². The van der Waals surface area contributed by atoms with E-state index in [2.05, 4.69) is 44.3 Å². The van der Waals surface area contributed by atoms with E-state index in [1.165, 1.54) is 11.1 Å². The van der Waals surface area contributed by atoms with Crippen LogP contribution < -0.4 is 5.32 Å². The van der Waals surface area contributed by atoms with Crippen molar-refractivity contribution in [1.82, 2.24) is 5.32 Å². The standard InChI is InChI=1S/C13H18ClN/c1-10(2)8-9-15-11(3)12-4-6-13(14)7-5-12/h4-8,11,15H,9H2,1-3H3/t11-/m0/s1. The Balaban J connectivity index is 2.50. The Bertz CT molecular complexity index is 323. The van der Waals surface area contributed by atoms with Crippen molar-refractivity contribution in [2.45, 2.75) is 26.8 Å². The first-order valence-electron chi connectivity index (χ1n) is 5.22. The minimum Gasteiger partial charge on any atom is -0.307 e. The third-order valence-corrected chi connectivity index (χ3v) is 2.56. The molecule has 1 aromatic carbocycles. The van der Waals surface area contributed by atoms with E-state index in [0.717, 1.165) is 11.6 Å². The van der Waals surface area contributed by atoms with Gasteiger partial charge in [0.25, 0.3) is 0 Å². The molecule has 0 spiro atoms. The van der Waals surface area contributed by atoms with Crippen LogP contribution in [0.2, 0.25) is 5.02 Å². The van der Waals surface area contributed by atoms with E-state index in [1.54, 1.807) is 0 Å². The predicted octanol–water partition coefficient (Wildman–Crippen LogP) is 3.96. The van der Waals surface area contributed by atoms with Gasteiger partial charge in [0.15, 0.2) is 0 Å². The molecule has 0 heterocycles. The van der Waals surface area contributed by atoms with E-state index in [-0.39, 0.29) is 0 Å². The third-order valence-electron chi connectivity index (χ3n) is 2.30. The van der Waals surface area contributed by atoms with Crippen molar-refractivity contribution in [2.75, 3.05) is 6.54 Å². The van der Waals surface area contributed by atoms with Crippen molar-refractivity contribution < 1.29 is 0 Å². The minimum atomic E-state index is 0.359. The summed E-state index contributed by atoms with van der Waals surface area (Å²) < 4.78 is 0. The lowest BCUT2D eigenvalue weighted by molar-refractivity contribution is 0.616. The average molecular weight is 224 g/mol. The van der Waals surface area contributed by atoms with Crippen LogP contribution in [-0.4, -0.2) is 6.54 Å². The van der Waals surface area contributed by atoms with E-state index >= 15 is 0 Å². The van der Waals surface area contributed by atoms with Crippen molar-refractivity contribution in [3.8, 4) is 0 Å². The van der Waals surface area contributed by atoms with Crippen molar-refractivity contribution >= 4 is 11.6 Å². The summed E-state index contributed by atoms with van der Waals surface area (Å²) in [5, 5.41) is 4.22. The normalized spacial score (nSPS) is 12.3. The molecule has 0 aliphatic rings. The van der Waals surface area contributed by atoms with E-state index in [4.69, 9.17) is 11.6 Å². The van der Waals surface area contributed by atoms with Crippen LogP contribution in [0.1, 0.15) is 32.4 Å². The second-order valence-corrected chi connectivity index (χ2v) is 4.40. The Morgan fingerprint density at radius 3 is 2.47 bits per heavy atom. The first kappa shape index (κ1) is 12.3. The molecule has 0 bridgehead atoms. The van der Waals surface area contributed by atoms with Gasteiger partial charge in [-0.15, -0.1) is 0 Å². The third kappa shape index (κ3) is 4.50. The first-order chi connectivity index (χ1) is 7.09. The number of hydrogen-bond donors (Lipinski definition) is 1. The van der Waals surface area contributed by atoms with Gasteiger partial charge in [-0.1, -0.05) is 35.4 Å². The Kier molecular flexibility index (Phi) is 4.86. The van der Waals surface area contributed by atoms with Crippen molar-refractivity contribution in [2.24, 2.45) is 0 Å². The van der Waals surface area contributed by atoms with Crippen LogP contribution >= 0.6 is 11.6 Å². The Morgan fingerprint density at radius 1 is 1.33 bits per heavy atom. The zero-order chi connectivity index (χ0) is 11.3. The van der Waals surface area contributed by atoms with E-state index in [9.17, 15) is 0 Å². The zero-order valence-electron chi connectivity index (χ0n) is 9.55. The first-order valence-corrected chi connectivity index (χ1v) is 5.59. The number of halogens is 1. The Labute approximate surface area is 97.1 Å². The second-order valence-electron chi connectivity index (χ2n) is 3.96. The molecule has 0 saturated heterocycles. The fourth-order valence-corrected chi connectivity index (χ4v) is 1.44. The summed E-state index contributed by atoms with van der Waals surface area (Å²) in [6, 6.07) is 8.33. The molecule has 0 fully saturated rings. The molecule has 1 aromatic rings. The number of allylic oxidation sites excluding steroid dienone is 1. The Hall–Kier alpha value is -0.790. The predicted molar refractivity (Wildman–Crippen MR) is 67.3 cm³/mol. The van der Waals surface area contributed by atoms with Crippen molar-refractivity contribution in [3.05, 3.63) is 46.5 Å². The zero-order valence-corrected chi connectivity index (χ0v) is 10.3. The van der Waals surface area contributed by atoms with Gasteiger partial charge in [-0.3, -0.25) is 0 Å². The quantitative estimate of drug-likeness (QED) is 0.762. The summed E-state index contributed by atoms with van der Waals surface area (Å²) in [7, 11) is 0. The summed E-state index contributed by atoms with van der Waals surface area (Å²) in [5.74, 6) is 0. The summed E-state index contributed by atoms with van der Waals surface area (Å²) in [6.45, 7) is 7.28. The molecule has 15 heavy (non-hydrogen) atoms. The molecule has 1 atom stereocenters. The SMILES string of the molecule is CC(C)=CCN[C@@H](C)c1ccc(Cl)cc1. The molecule has 82 valence electrons. The summed E-state index contributed by atoms with van der Waals surface area (Å²) in [6.07, 6.45) is 2.19. The molecular formula is C13H18ClN. The van der Waals surface area contributed by atoms with Gasteiger partial charge in [0.05, 0.1) is 0 Å². The summed E-state index contributed by atoms with van der Waals surface area (Å²) >= 11 is 5.83. The van der Waals surface area contributed by atoms with Crippen LogP contribution in [0.5, 0.6) is 0 Å². The maximum absolute atomic E-state index is 5.83. The molecule has 0 aliphatic heterocycles. The van der Waals surface area contributed by atoms with E-state index in [1.807, 2.05) is 12.1 Å². The molecule has 1 rings (SSSR count). The molecule has 0 aromatic heterocycles. The van der Waals surface area contributed by atoms with Crippen LogP contribution in [0.4, 0.5) is 0 Å². The lowest BCUT2D eigenvalue weighted by Gasteiger charge is -2.12. The molecular weight excluding hydrogens is 206 g/mol. The van der Waals surface area contributed by atoms with E-state index < -0.39 is 0 Å². The highest BCUT2D eigenvalue weighted by Gasteiger charge is 2.02. The number of nitrogens with one attached hydrogen (secondary N) is 1. The molecule has 1 nitrogen and oxygen atoms in total. The minimum absolute atomic E-state index is 0.359. The highest BCUT2D eigenvalue weighted by atomic mass is 35.5.